The summed E-state index contributed by atoms with van der Waals surface area (Å²) in [6.45, 7) is 7.42. The van der Waals surface area contributed by atoms with Gasteiger partial charge < -0.3 is 38.3 Å². The third kappa shape index (κ3) is 23.2. The summed E-state index contributed by atoms with van der Waals surface area (Å²) in [5.74, 6) is -0.341. The van der Waals surface area contributed by atoms with Gasteiger partial charge in [-0.25, -0.2) is 4.79 Å². The maximum Gasteiger partial charge on any atom is 0.332 e. The van der Waals surface area contributed by atoms with Crippen molar-refractivity contribution in [2.45, 2.75) is 19.8 Å². The Kier molecular flexibility index (Phi) is 22.5. The average Bonchev–Trinajstić information content (AvgIpc) is 2.67. The Labute approximate surface area is 162 Å². The zero-order valence-electron chi connectivity index (χ0n) is 16.5. The van der Waals surface area contributed by atoms with Crippen molar-refractivity contribution in [3.8, 4) is 0 Å². The molecule has 1 N–H and O–H groups in total. The van der Waals surface area contributed by atoms with Crippen LogP contribution in [0.2, 0.25) is 0 Å². The Balaban J connectivity index is 3.06. The Hall–Kier alpha value is -0.810. The lowest BCUT2D eigenvalue weighted by atomic mass is 10.4. The number of carbonyl (C=O) groups excluding carboxylic acids is 1. The number of aliphatic hydroxyl groups excluding tert-OH is 1. The first kappa shape index (κ1) is 26.2. The van der Waals surface area contributed by atoms with Gasteiger partial charge in [0.15, 0.2) is 0 Å². The standard InChI is InChI=1S/C18H36O9/c1-2-3-5-27-18(20)17-26-16-15-25-14-13-24-12-11-23-10-9-22-8-7-21-6-4-19/h19H,2-17H2,1H3. The van der Waals surface area contributed by atoms with E-state index in [1.807, 2.05) is 6.92 Å². The van der Waals surface area contributed by atoms with Gasteiger partial charge in [-0.1, -0.05) is 13.3 Å². The fourth-order valence-corrected chi connectivity index (χ4v) is 1.69. The predicted octanol–water partition coefficient (Wildman–Crippen LogP) is 0.422. The molecule has 0 rings (SSSR count). The second kappa shape index (κ2) is 23.2. The molecule has 0 aromatic carbocycles. The van der Waals surface area contributed by atoms with Gasteiger partial charge in [-0.15, -0.1) is 0 Å². The highest BCUT2D eigenvalue weighted by Gasteiger charge is 2.02. The summed E-state index contributed by atoms with van der Waals surface area (Å²) in [4.78, 5) is 11.2. The zero-order valence-corrected chi connectivity index (χ0v) is 16.5. The van der Waals surface area contributed by atoms with Crippen molar-refractivity contribution in [1.29, 1.82) is 0 Å². The first-order valence-corrected chi connectivity index (χ1v) is 9.54. The Morgan fingerprint density at radius 2 is 1.04 bits per heavy atom. The van der Waals surface area contributed by atoms with Crippen LogP contribution >= 0.6 is 0 Å². The minimum absolute atomic E-state index is 0.0254. The average molecular weight is 396 g/mol. The molecular formula is C18H36O9. The molecule has 0 saturated carbocycles. The fraction of sp³-hybridized carbons (Fsp3) is 0.944. The molecule has 162 valence electrons. The van der Waals surface area contributed by atoms with E-state index in [4.69, 9.17) is 38.3 Å². The third-order valence-electron chi connectivity index (χ3n) is 3.08. The second-order valence-electron chi connectivity index (χ2n) is 5.41. The van der Waals surface area contributed by atoms with Crippen molar-refractivity contribution in [2.24, 2.45) is 0 Å². The van der Waals surface area contributed by atoms with Gasteiger partial charge in [0.05, 0.1) is 85.9 Å². The monoisotopic (exact) mass is 396 g/mol. The summed E-state index contributed by atoms with van der Waals surface area (Å²) in [6, 6.07) is 0. The molecule has 0 fully saturated rings. The van der Waals surface area contributed by atoms with E-state index in [1.54, 1.807) is 0 Å². The van der Waals surface area contributed by atoms with E-state index in [0.29, 0.717) is 79.3 Å². The lowest BCUT2D eigenvalue weighted by Crippen LogP contribution is -2.17. The van der Waals surface area contributed by atoms with Crippen molar-refractivity contribution in [2.75, 3.05) is 92.5 Å². The molecule has 0 heterocycles. The van der Waals surface area contributed by atoms with E-state index in [1.165, 1.54) is 0 Å². The van der Waals surface area contributed by atoms with E-state index in [9.17, 15) is 4.79 Å². The second-order valence-corrected chi connectivity index (χ2v) is 5.41. The number of ether oxygens (including phenoxy) is 7. The van der Waals surface area contributed by atoms with Gasteiger partial charge in [-0.2, -0.15) is 0 Å². The highest BCUT2D eigenvalue weighted by molar-refractivity contribution is 5.70. The molecule has 0 atom stereocenters. The first-order valence-electron chi connectivity index (χ1n) is 9.54. The van der Waals surface area contributed by atoms with E-state index in [0.717, 1.165) is 12.8 Å². The molecule has 0 bridgehead atoms. The molecule has 0 aliphatic rings. The number of aliphatic hydroxyl groups is 1. The first-order chi connectivity index (χ1) is 13.3. The molecule has 0 radical (unpaired) electrons. The summed E-state index contributed by atoms with van der Waals surface area (Å²) < 4.78 is 36.5. The summed E-state index contributed by atoms with van der Waals surface area (Å²) in [5, 5.41) is 8.51. The van der Waals surface area contributed by atoms with Gasteiger partial charge >= 0.3 is 5.97 Å². The van der Waals surface area contributed by atoms with Crippen LogP contribution in [0.4, 0.5) is 0 Å². The molecule has 27 heavy (non-hydrogen) atoms. The van der Waals surface area contributed by atoms with Gasteiger partial charge in [0.2, 0.25) is 0 Å². The minimum atomic E-state index is -0.341. The molecule has 9 heteroatoms. The predicted molar refractivity (Wildman–Crippen MR) is 97.9 cm³/mol. The van der Waals surface area contributed by atoms with Crippen LogP contribution in [-0.4, -0.2) is 104 Å². The maximum absolute atomic E-state index is 11.2. The van der Waals surface area contributed by atoms with Crippen LogP contribution in [-0.2, 0) is 38.0 Å². The van der Waals surface area contributed by atoms with Crippen LogP contribution in [0.1, 0.15) is 19.8 Å². The number of hydrogen-bond donors (Lipinski definition) is 1. The van der Waals surface area contributed by atoms with Crippen molar-refractivity contribution in [3.05, 3.63) is 0 Å². The fourth-order valence-electron chi connectivity index (χ4n) is 1.69. The van der Waals surface area contributed by atoms with Gasteiger partial charge in [0, 0.05) is 0 Å². The van der Waals surface area contributed by atoms with Gasteiger partial charge in [-0.3, -0.25) is 0 Å². The van der Waals surface area contributed by atoms with Crippen LogP contribution < -0.4 is 0 Å². The normalized spacial score (nSPS) is 11.0. The summed E-state index contributed by atoms with van der Waals surface area (Å²) in [5.41, 5.74) is 0. The Morgan fingerprint density at radius 1 is 0.630 bits per heavy atom. The third-order valence-corrected chi connectivity index (χ3v) is 3.08. The summed E-state index contributed by atoms with van der Waals surface area (Å²) >= 11 is 0. The van der Waals surface area contributed by atoms with Gasteiger partial charge in [0.25, 0.3) is 0 Å². The number of hydrogen-bond acceptors (Lipinski definition) is 9. The molecule has 0 unspecified atom stereocenters. The Morgan fingerprint density at radius 3 is 1.44 bits per heavy atom. The van der Waals surface area contributed by atoms with Gasteiger partial charge in [-0.05, 0) is 6.42 Å². The van der Waals surface area contributed by atoms with Gasteiger partial charge in [0.1, 0.15) is 6.61 Å². The van der Waals surface area contributed by atoms with Crippen molar-refractivity contribution >= 4 is 5.97 Å². The molecule has 0 aliphatic carbocycles. The lowest BCUT2D eigenvalue weighted by molar-refractivity contribution is -0.149. The molecule has 0 aromatic heterocycles. The molecular weight excluding hydrogens is 360 g/mol. The summed E-state index contributed by atoms with van der Waals surface area (Å²) in [6.07, 6.45) is 1.86. The van der Waals surface area contributed by atoms with Crippen LogP contribution in [0, 0.1) is 0 Å². The highest BCUT2D eigenvalue weighted by atomic mass is 16.6. The number of esters is 1. The van der Waals surface area contributed by atoms with E-state index in [2.05, 4.69) is 0 Å². The molecule has 0 aliphatic heterocycles. The molecule has 0 spiro atoms. The number of rotatable bonds is 22. The Bertz CT molecular complexity index is 303. The van der Waals surface area contributed by atoms with E-state index >= 15 is 0 Å². The van der Waals surface area contributed by atoms with Crippen LogP contribution in [0.3, 0.4) is 0 Å². The quantitative estimate of drug-likeness (QED) is 0.206. The van der Waals surface area contributed by atoms with Crippen LogP contribution in [0.5, 0.6) is 0 Å². The molecule has 9 nitrogen and oxygen atoms in total. The maximum atomic E-state index is 11.2. The highest BCUT2D eigenvalue weighted by Crippen LogP contribution is 1.90. The zero-order chi connectivity index (χ0) is 19.8. The largest absolute Gasteiger partial charge is 0.464 e. The lowest BCUT2D eigenvalue weighted by Gasteiger charge is -2.08. The SMILES string of the molecule is CCCCOC(=O)COCCOCCOCCOCCOCCOCCO. The van der Waals surface area contributed by atoms with E-state index in [-0.39, 0.29) is 19.2 Å². The van der Waals surface area contributed by atoms with Crippen molar-refractivity contribution in [1.82, 2.24) is 0 Å². The summed E-state index contributed by atoms with van der Waals surface area (Å²) in [7, 11) is 0. The number of carbonyl (C=O) groups is 1. The number of unbranched alkanes of at least 4 members (excludes halogenated alkanes) is 1. The van der Waals surface area contributed by atoms with Crippen molar-refractivity contribution < 1.29 is 43.1 Å². The van der Waals surface area contributed by atoms with Crippen LogP contribution in [0.25, 0.3) is 0 Å². The molecule has 0 aromatic rings. The van der Waals surface area contributed by atoms with E-state index < -0.39 is 0 Å². The minimum Gasteiger partial charge on any atom is -0.464 e. The molecule has 0 amide bonds. The molecule has 0 saturated heterocycles. The van der Waals surface area contributed by atoms with Crippen molar-refractivity contribution in [3.63, 3.8) is 0 Å². The topological polar surface area (TPSA) is 102 Å². The smallest absolute Gasteiger partial charge is 0.332 e. The van der Waals surface area contributed by atoms with Crippen LogP contribution in [0.15, 0.2) is 0 Å².